The predicted molar refractivity (Wildman–Crippen MR) is 109 cm³/mol. The first-order valence-corrected chi connectivity index (χ1v) is 10.8. The first-order chi connectivity index (χ1) is 14.6. The zero-order valence-electron chi connectivity index (χ0n) is 17.4. The Morgan fingerprint density at radius 2 is 1.60 bits per heavy atom. The second-order valence-corrected chi connectivity index (χ2v) is 8.33. The van der Waals surface area contributed by atoms with Crippen molar-refractivity contribution < 1.29 is 33.9 Å². The van der Waals surface area contributed by atoms with E-state index < -0.39 is 42.4 Å². The van der Waals surface area contributed by atoms with Gasteiger partial charge < -0.3 is 33.9 Å². The number of ether oxygens (including phenoxy) is 5. The molecule has 3 fully saturated rings. The fourth-order valence-electron chi connectivity index (χ4n) is 4.75. The fraction of sp³-hybridized carbons (Fsp3) is 0.652. The van der Waals surface area contributed by atoms with Crippen LogP contribution in [0.15, 0.2) is 36.9 Å². The normalized spacial score (nSPS) is 35.2. The summed E-state index contributed by atoms with van der Waals surface area (Å²) >= 11 is 0. The van der Waals surface area contributed by atoms with Crippen molar-refractivity contribution >= 4 is 0 Å². The van der Waals surface area contributed by atoms with Crippen LogP contribution in [0.4, 0.5) is 0 Å². The van der Waals surface area contributed by atoms with Crippen LogP contribution in [0, 0.1) is 0 Å². The SMILES string of the molecule is C=CCO[C@@H]1[C@H](O)[C@H](O)[C@H](OCc2ccc(OC)cc2)[C@H]2OC3(CCCCC3)O[C@@H]21. The van der Waals surface area contributed by atoms with Crippen LogP contribution < -0.4 is 4.74 Å². The van der Waals surface area contributed by atoms with E-state index in [4.69, 9.17) is 23.7 Å². The van der Waals surface area contributed by atoms with E-state index in [1.807, 2.05) is 24.3 Å². The molecule has 0 unspecified atom stereocenters. The monoisotopic (exact) mass is 420 g/mol. The minimum atomic E-state index is -1.15. The molecular formula is C23H32O7. The van der Waals surface area contributed by atoms with Gasteiger partial charge in [-0.15, -0.1) is 6.58 Å². The predicted octanol–water partition coefficient (Wildman–Crippen LogP) is 2.33. The number of rotatable bonds is 7. The zero-order chi connectivity index (χ0) is 21.1. The van der Waals surface area contributed by atoms with Crippen molar-refractivity contribution in [1.29, 1.82) is 0 Å². The number of hydrogen-bond donors (Lipinski definition) is 2. The topological polar surface area (TPSA) is 86.6 Å². The Bertz CT molecular complexity index is 700. The minimum absolute atomic E-state index is 0.255. The van der Waals surface area contributed by atoms with Crippen molar-refractivity contribution in [3.63, 3.8) is 0 Å². The maximum atomic E-state index is 10.9. The lowest BCUT2D eigenvalue weighted by molar-refractivity contribution is -0.219. The molecule has 30 heavy (non-hydrogen) atoms. The Morgan fingerprint density at radius 3 is 2.17 bits per heavy atom. The molecule has 6 atom stereocenters. The molecule has 1 heterocycles. The third-order valence-corrected chi connectivity index (χ3v) is 6.32. The van der Waals surface area contributed by atoms with Gasteiger partial charge in [-0.25, -0.2) is 0 Å². The maximum absolute atomic E-state index is 10.9. The lowest BCUT2D eigenvalue weighted by Crippen LogP contribution is -2.64. The van der Waals surface area contributed by atoms with Gasteiger partial charge in [0.15, 0.2) is 5.79 Å². The highest BCUT2D eigenvalue weighted by atomic mass is 16.8. The van der Waals surface area contributed by atoms with Crippen LogP contribution in [0.1, 0.15) is 37.7 Å². The Morgan fingerprint density at radius 1 is 1.00 bits per heavy atom. The lowest BCUT2D eigenvalue weighted by Gasteiger charge is -2.42. The van der Waals surface area contributed by atoms with Gasteiger partial charge in [-0.2, -0.15) is 0 Å². The summed E-state index contributed by atoms with van der Waals surface area (Å²) in [6, 6.07) is 7.54. The zero-order valence-corrected chi connectivity index (χ0v) is 17.4. The highest BCUT2D eigenvalue weighted by Crippen LogP contribution is 2.46. The summed E-state index contributed by atoms with van der Waals surface area (Å²) in [6.45, 7) is 4.20. The van der Waals surface area contributed by atoms with Gasteiger partial charge in [0, 0.05) is 12.8 Å². The molecule has 0 bridgehead atoms. The van der Waals surface area contributed by atoms with Crippen molar-refractivity contribution in [2.45, 2.75) is 81.1 Å². The number of fused-ring (bicyclic) bond motifs is 1. The molecule has 3 aliphatic rings. The van der Waals surface area contributed by atoms with Crippen LogP contribution in [0.2, 0.25) is 0 Å². The summed E-state index contributed by atoms with van der Waals surface area (Å²) in [5.41, 5.74) is 0.936. The third-order valence-electron chi connectivity index (χ3n) is 6.32. The number of methoxy groups -OCH3 is 1. The van der Waals surface area contributed by atoms with E-state index in [2.05, 4.69) is 6.58 Å². The van der Waals surface area contributed by atoms with Gasteiger partial charge in [0.1, 0.15) is 42.4 Å². The quantitative estimate of drug-likeness (QED) is 0.655. The molecule has 2 N–H and O–H groups in total. The van der Waals surface area contributed by atoms with E-state index in [0.717, 1.165) is 43.4 Å². The van der Waals surface area contributed by atoms with Crippen molar-refractivity contribution in [3.05, 3.63) is 42.5 Å². The molecule has 0 amide bonds. The van der Waals surface area contributed by atoms with Crippen molar-refractivity contribution in [2.24, 2.45) is 0 Å². The van der Waals surface area contributed by atoms with Crippen LogP contribution in [0.5, 0.6) is 5.75 Å². The molecule has 2 aliphatic carbocycles. The molecule has 7 heteroatoms. The van der Waals surface area contributed by atoms with E-state index in [-0.39, 0.29) is 13.2 Å². The van der Waals surface area contributed by atoms with Crippen LogP contribution >= 0.6 is 0 Å². The molecule has 1 spiro atoms. The third kappa shape index (κ3) is 4.28. The molecule has 4 rings (SSSR count). The summed E-state index contributed by atoms with van der Waals surface area (Å²) in [7, 11) is 1.62. The van der Waals surface area contributed by atoms with Gasteiger partial charge in [-0.05, 0) is 30.5 Å². The van der Waals surface area contributed by atoms with Gasteiger partial charge in [0.05, 0.1) is 20.3 Å². The number of hydrogen-bond acceptors (Lipinski definition) is 7. The van der Waals surface area contributed by atoms with E-state index in [0.29, 0.717) is 0 Å². The van der Waals surface area contributed by atoms with Crippen LogP contribution in [0.25, 0.3) is 0 Å². The average Bonchev–Trinajstić information content (AvgIpc) is 3.12. The van der Waals surface area contributed by atoms with Crippen LogP contribution in [-0.2, 0) is 25.6 Å². The number of aliphatic hydroxyl groups excluding tert-OH is 2. The maximum Gasteiger partial charge on any atom is 0.169 e. The molecule has 1 aliphatic heterocycles. The Balaban J connectivity index is 1.52. The second kappa shape index (κ2) is 9.34. The number of benzene rings is 1. The van der Waals surface area contributed by atoms with Crippen LogP contribution in [-0.4, -0.2) is 66.3 Å². The average molecular weight is 421 g/mol. The molecule has 0 aromatic heterocycles. The molecule has 1 saturated heterocycles. The van der Waals surface area contributed by atoms with Gasteiger partial charge >= 0.3 is 0 Å². The fourth-order valence-corrected chi connectivity index (χ4v) is 4.75. The highest BCUT2D eigenvalue weighted by Gasteiger charge is 2.61. The molecule has 166 valence electrons. The summed E-state index contributed by atoms with van der Waals surface area (Å²) in [5.74, 6) is 0.0791. The van der Waals surface area contributed by atoms with Crippen molar-refractivity contribution in [2.75, 3.05) is 13.7 Å². The molecule has 2 saturated carbocycles. The van der Waals surface area contributed by atoms with Gasteiger partial charge in [-0.3, -0.25) is 0 Å². The summed E-state index contributed by atoms with van der Waals surface area (Å²) in [5, 5.41) is 21.7. The van der Waals surface area contributed by atoms with Gasteiger partial charge in [-0.1, -0.05) is 24.6 Å². The van der Waals surface area contributed by atoms with E-state index in [1.54, 1.807) is 13.2 Å². The molecular weight excluding hydrogens is 388 g/mol. The number of aliphatic hydroxyl groups is 2. The van der Waals surface area contributed by atoms with Gasteiger partial charge in [0.25, 0.3) is 0 Å². The van der Waals surface area contributed by atoms with E-state index in [9.17, 15) is 10.2 Å². The summed E-state index contributed by atoms with van der Waals surface area (Å²) in [4.78, 5) is 0. The van der Waals surface area contributed by atoms with Crippen molar-refractivity contribution in [3.8, 4) is 5.75 Å². The standard InChI is InChI=1S/C23H32O7/c1-3-13-27-19-17(24)18(25)20(28-14-15-7-9-16(26-2)10-8-15)22-21(19)29-23(30-22)11-5-4-6-12-23/h3,7-10,17-22,24-25H,1,4-6,11-14H2,2H3/t17-,18+,19-,20+,21-,22-/m1/s1. The first-order valence-electron chi connectivity index (χ1n) is 10.8. The summed E-state index contributed by atoms with van der Waals surface area (Å²) in [6.07, 6.45) is 1.67. The van der Waals surface area contributed by atoms with Crippen molar-refractivity contribution in [1.82, 2.24) is 0 Å². The smallest absolute Gasteiger partial charge is 0.169 e. The minimum Gasteiger partial charge on any atom is -0.497 e. The Kier molecular flexibility index (Phi) is 6.77. The van der Waals surface area contributed by atoms with E-state index >= 15 is 0 Å². The second-order valence-electron chi connectivity index (χ2n) is 8.33. The summed E-state index contributed by atoms with van der Waals surface area (Å²) < 4.78 is 29.9. The Hall–Kier alpha value is -1.48. The molecule has 7 nitrogen and oxygen atoms in total. The Labute approximate surface area is 177 Å². The van der Waals surface area contributed by atoms with Crippen LogP contribution in [0.3, 0.4) is 0 Å². The first kappa shape index (κ1) is 21.7. The largest absolute Gasteiger partial charge is 0.497 e. The molecule has 0 radical (unpaired) electrons. The molecule has 1 aromatic rings. The molecule has 1 aromatic carbocycles. The van der Waals surface area contributed by atoms with E-state index in [1.165, 1.54) is 0 Å². The lowest BCUT2D eigenvalue weighted by atomic mass is 9.84. The van der Waals surface area contributed by atoms with Gasteiger partial charge in [0.2, 0.25) is 0 Å². The highest BCUT2D eigenvalue weighted by molar-refractivity contribution is 5.26.